The van der Waals surface area contributed by atoms with Crippen molar-refractivity contribution in [3.8, 4) is 0 Å². The van der Waals surface area contributed by atoms with Crippen molar-refractivity contribution in [1.82, 2.24) is 15.3 Å². The average Bonchev–Trinajstić information content (AvgIpc) is 3.21. The van der Waals surface area contributed by atoms with Crippen LogP contribution in [-0.2, 0) is 14.6 Å². The van der Waals surface area contributed by atoms with E-state index in [0.717, 1.165) is 29.2 Å². The first kappa shape index (κ1) is 28.8. The van der Waals surface area contributed by atoms with Gasteiger partial charge in [0.15, 0.2) is 0 Å². The number of nitrogens with one attached hydrogen (secondary N) is 3. The van der Waals surface area contributed by atoms with Crippen molar-refractivity contribution in [3.05, 3.63) is 72.1 Å². The van der Waals surface area contributed by atoms with Crippen LogP contribution in [0.5, 0.6) is 0 Å². The Morgan fingerprint density at radius 3 is 1.77 bits per heavy atom. The van der Waals surface area contributed by atoms with Crippen LogP contribution in [0.3, 0.4) is 0 Å². The number of halogens is 3. The highest BCUT2D eigenvalue weighted by atomic mass is 32.2. The molecule has 1 aliphatic heterocycles. The molecule has 3 heterocycles. The molecule has 212 valence electrons. The number of alkyl halides is 3. The Balaban J connectivity index is 1.83. The van der Waals surface area contributed by atoms with Crippen molar-refractivity contribution in [2.45, 2.75) is 41.6 Å². The minimum absolute atomic E-state index is 0.0822. The molecule has 3 N–H and O–H groups in total. The van der Waals surface area contributed by atoms with Gasteiger partial charge in [0.05, 0.1) is 10.6 Å². The van der Waals surface area contributed by atoms with Crippen LogP contribution in [0, 0.1) is 0 Å². The largest absolute Gasteiger partial charge is 0.501 e. The van der Waals surface area contributed by atoms with E-state index in [1.165, 1.54) is 0 Å². The number of aromatic nitrogens is 2. The number of anilines is 3. The maximum atomic E-state index is 14.3. The molecule has 1 aromatic carbocycles. The molecule has 0 aliphatic carbocycles. The lowest BCUT2D eigenvalue weighted by Crippen LogP contribution is -2.55. The molecule has 0 radical (unpaired) electrons. The number of amides is 3. The normalized spacial score (nSPS) is 19.2. The molecule has 1 aliphatic rings. The third-order valence-corrected chi connectivity index (χ3v) is 8.73. The highest BCUT2D eigenvalue weighted by Crippen LogP contribution is 2.45. The molecule has 2 unspecified atom stereocenters. The van der Waals surface area contributed by atoms with Crippen LogP contribution < -0.4 is 20.9 Å². The summed E-state index contributed by atoms with van der Waals surface area (Å²) in [6.07, 6.45) is 3.14. The smallest absolute Gasteiger partial charge is 0.373 e. The summed E-state index contributed by atoms with van der Waals surface area (Å²) in [5.74, 6) is -0.799. The monoisotopic (exact) mass is 576 g/mol. The zero-order chi connectivity index (χ0) is 29.5. The average molecular weight is 577 g/mol. The standard InChI is InChI=1S/C26H27F3N6O4S/c1-15(17-9-11-32-21(13-17)30-3)25(16(2)18-10-12-33-22(14-18)31-4)23(36)35(24(37)34-25)19-5-7-20(8-6-19)40(38,39)26(27,28)29/h5-16H,1-4H3,(H,30,32)(H,31,33)(H,34,37). The second-order valence-electron chi connectivity index (χ2n) is 9.28. The van der Waals surface area contributed by atoms with Gasteiger partial charge in [-0.3, -0.25) is 4.79 Å². The first-order valence-corrected chi connectivity index (χ1v) is 13.6. The topological polar surface area (TPSA) is 133 Å². The molecule has 14 heteroatoms. The highest BCUT2D eigenvalue weighted by Gasteiger charge is 2.59. The third kappa shape index (κ3) is 4.72. The maximum absolute atomic E-state index is 14.3. The van der Waals surface area contributed by atoms with Crippen LogP contribution >= 0.6 is 0 Å². The number of pyridine rings is 2. The number of rotatable bonds is 8. The summed E-state index contributed by atoms with van der Waals surface area (Å²) in [6.45, 7) is 3.57. The van der Waals surface area contributed by atoms with E-state index in [1.54, 1.807) is 64.6 Å². The molecule has 1 saturated heterocycles. The van der Waals surface area contributed by atoms with E-state index >= 15 is 0 Å². The van der Waals surface area contributed by atoms with Crippen LogP contribution in [0.15, 0.2) is 65.8 Å². The molecule has 3 amide bonds. The van der Waals surface area contributed by atoms with Crippen molar-refractivity contribution in [3.63, 3.8) is 0 Å². The second-order valence-corrected chi connectivity index (χ2v) is 11.2. The molecule has 2 aromatic heterocycles. The van der Waals surface area contributed by atoms with Gasteiger partial charge >= 0.3 is 11.5 Å². The summed E-state index contributed by atoms with van der Waals surface area (Å²) < 4.78 is 62.7. The molecule has 1 fully saturated rings. The molecule has 2 atom stereocenters. The number of benzene rings is 1. The summed E-state index contributed by atoms with van der Waals surface area (Å²) >= 11 is 0. The first-order chi connectivity index (χ1) is 18.8. The summed E-state index contributed by atoms with van der Waals surface area (Å²) in [7, 11) is -2.22. The van der Waals surface area contributed by atoms with Gasteiger partial charge in [-0.25, -0.2) is 28.1 Å². The van der Waals surface area contributed by atoms with Gasteiger partial charge in [0, 0.05) is 38.3 Å². The predicted molar refractivity (Wildman–Crippen MR) is 143 cm³/mol. The van der Waals surface area contributed by atoms with E-state index in [9.17, 15) is 31.2 Å². The zero-order valence-electron chi connectivity index (χ0n) is 21.9. The van der Waals surface area contributed by atoms with Gasteiger partial charge in [-0.15, -0.1) is 0 Å². The fourth-order valence-corrected chi connectivity index (χ4v) is 5.66. The van der Waals surface area contributed by atoms with Crippen LogP contribution in [0.1, 0.15) is 36.8 Å². The van der Waals surface area contributed by atoms with Gasteiger partial charge in [-0.2, -0.15) is 13.2 Å². The van der Waals surface area contributed by atoms with Crippen LogP contribution in [0.25, 0.3) is 0 Å². The molecule has 0 bridgehead atoms. The van der Waals surface area contributed by atoms with E-state index in [4.69, 9.17) is 0 Å². The van der Waals surface area contributed by atoms with Gasteiger partial charge in [-0.1, -0.05) is 13.8 Å². The van der Waals surface area contributed by atoms with Crippen molar-refractivity contribution in [2.75, 3.05) is 29.6 Å². The Kier molecular flexibility index (Phi) is 7.49. The van der Waals surface area contributed by atoms with E-state index < -0.39 is 49.6 Å². The Morgan fingerprint density at radius 1 is 0.875 bits per heavy atom. The molecule has 3 aromatic rings. The number of imide groups is 1. The summed E-state index contributed by atoms with van der Waals surface area (Å²) in [4.78, 5) is 36.0. The Morgan fingerprint density at radius 2 is 1.35 bits per heavy atom. The van der Waals surface area contributed by atoms with Gasteiger partial charge < -0.3 is 16.0 Å². The molecule has 10 nitrogen and oxygen atoms in total. The highest BCUT2D eigenvalue weighted by molar-refractivity contribution is 7.92. The summed E-state index contributed by atoms with van der Waals surface area (Å²) in [6, 6.07) is 9.59. The molecule has 0 spiro atoms. The Bertz CT molecular complexity index is 1490. The zero-order valence-corrected chi connectivity index (χ0v) is 22.8. The third-order valence-electron chi connectivity index (χ3n) is 7.23. The number of hydrogen-bond acceptors (Lipinski definition) is 8. The number of sulfone groups is 1. The van der Waals surface area contributed by atoms with E-state index in [1.807, 2.05) is 0 Å². The Labute approximate surface area is 228 Å². The van der Waals surface area contributed by atoms with E-state index in [0.29, 0.717) is 22.8 Å². The lowest BCUT2D eigenvalue weighted by atomic mass is 9.70. The van der Waals surface area contributed by atoms with E-state index in [2.05, 4.69) is 25.9 Å². The van der Waals surface area contributed by atoms with Crippen molar-refractivity contribution < 1.29 is 31.2 Å². The van der Waals surface area contributed by atoms with Gasteiger partial charge in [0.1, 0.15) is 17.2 Å². The van der Waals surface area contributed by atoms with Crippen LogP contribution in [0.2, 0.25) is 0 Å². The first-order valence-electron chi connectivity index (χ1n) is 12.1. The van der Waals surface area contributed by atoms with E-state index in [-0.39, 0.29) is 5.69 Å². The molecular formula is C26H27F3N6O4S. The van der Waals surface area contributed by atoms with Gasteiger partial charge in [0.25, 0.3) is 15.7 Å². The number of carbonyl (C=O) groups is 2. The van der Waals surface area contributed by atoms with Crippen molar-refractivity contribution in [2.24, 2.45) is 0 Å². The quantitative estimate of drug-likeness (QED) is 0.339. The predicted octanol–water partition coefficient (Wildman–Crippen LogP) is 4.26. The summed E-state index contributed by atoms with van der Waals surface area (Å²) in [5, 5.41) is 8.75. The number of nitrogens with zero attached hydrogens (tertiary/aromatic N) is 3. The summed E-state index contributed by atoms with van der Waals surface area (Å²) in [5.41, 5.74) is -5.75. The minimum atomic E-state index is -5.61. The number of carbonyl (C=O) groups excluding carboxylic acids is 2. The lowest BCUT2D eigenvalue weighted by Gasteiger charge is -2.39. The molecule has 4 rings (SSSR count). The van der Waals surface area contributed by atoms with Crippen molar-refractivity contribution >= 4 is 39.1 Å². The number of hydrogen-bond donors (Lipinski definition) is 3. The van der Waals surface area contributed by atoms with Crippen LogP contribution in [-0.4, -0.2) is 55.5 Å². The van der Waals surface area contributed by atoms with Crippen molar-refractivity contribution in [1.29, 1.82) is 0 Å². The second kappa shape index (κ2) is 10.4. The Hall–Kier alpha value is -4.20. The SMILES string of the molecule is CNc1cc(C(C)C2(C(C)c3ccnc(NC)c3)NC(=O)N(c3ccc(S(=O)(=O)C(F)(F)F)cc3)C2=O)ccn1. The fraction of sp³-hybridized carbons (Fsp3) is 0.308. The lowest BCUT2D eigenvalue weighted by molar-refractivity contribution is -0.123. The maximum Gasteiger partial charge on any atom is 0.501 e. The van der Waals surface area contributed by atoms with Gasteiger partial charge in [-0.05, 0) is 59.7 Å². The molecule has 0 saturated carbocycles. The fourth-order valence-electron chi connectivity index (χ4n) is 4.90. The molecular weight excluding hydrogens is 549 g/mol. The van der Waals surface area contributed by atoms with Crippen LogP contribution in [0.4, 0.5) is 35.3 Å². The number of urea groups is 1. The minimum Gasteiger partial charge on any atom is -0.373 e. The molecule has 40 heavy (non-hydrogen) atoms. The van der Waals surface area contributed by atoms with Gasteiger partial charge in [0.2, 0.25) is 0 Å².